The molecule has 0 saturated carbocycles. The summed E-state index contributed by atoms with van der Waals surface area (Å²) in [7, 11) is 1.34. The summed E-state index contributed by atoms with van der Waals surface area (Å²) in [6, 6.07) is 8.61. The van der Waals surface area contributed by atoms with E-state index in [-0.39, 0.29) is 12.2 Å². The van der Waals surface area contributed by atoms with Crippen LogP contribution in [0.5, 0.6) is 0 Å². The standard InChI is InChI=1S/C20H19ClN4O4/c1-28-20(27)18-15(23-25-8-3-2-7-16(18)25)11-22-19(26)14-10-17(29-24-14)12-5-4-6-13(21)9-12/h4-6,9-10H,2-3,7-8,11H2,1H3,(H,22,26). The van der Waals surface area contributed by atoms with Crippen molar-refractivity contribution in [1.29, 1.82) is 0 Å². The highest BCUT2D eigenvalue weighted by molar-refractivity contribution is 6.30. The average Bonchev–Trinajstić information content (AvgIpc) is 3.36. The summed E-state index contributed by atoms with van der Waals surface area (Å²) in [5.41, 5.74) is 2.63. The van der Waals surface area contributed by atoms with E-state index in [4.69, 9.17) is 20.9 Å². The number of carbonyl (C=O) groups excluding carboxylic acids is 2. The second kappa shape index (κ2) is 8.08. The van der Waals surface area contributed by atoms with Gasteiger partial charge in [0.05, 0.1) is 25.0 Å². The highest BCUT2D eigenvalue weighted by atomic mass is 35.5. The summed E-state index contributed by atoms with van der Waals surface area (Å²) in [6.45, 7) is 0.835. The molecule has 1 aliphatic rings. The van der Waals surface area contributed by atoms with E-state index in [1.165, 1.54) is 7.11 Å². The van der Waals surface area contributed by atoms with Gasteiger partial charge >= 0.3 is 5.97 Å². The summed E-state index contributed by atoms with van der Waals surface area (Å²) in [6.07, 6.45) is 2.76. The van der Waals surface area contributed by atoms with E-state index in [0.717, 1.165) is 37.1 Å². The van der Waals surface area contributed by atoms with Gasteiger partial charge in [0.15, 0.2) is 11.5 Å². The van der Waals surface area contributed by atoms with Crippen LogP contribution in [-0.2, 0) is 24.2 Å². The number of ether oxygens (including phenoxy) is 1. The minimum atomic E-state index is -0.443. The average molecular weight is 415 g/mol. The van der Waals surface area contributed by atoms with Crippen LogP contribution in [0.4, 0.5) is 0 Å². The first-order valence-electron chi connectivity index (χ1n) is 9.24. The molecule has 0 fully saturated rings. The number of hydrogen-bond donors (Lipinski definition) is 1. The molecule has 0 radical (unpaired) electrons. The number of aromatic nitrogens is 3. The smallest absolute Gasteiger partial charge is 0.341 e. The molecule has 29 heavy (non-hydrogen) atoms. The van der Waals surface area contributed by atoms with E-state index in [2.05, 4.69) is 15.6 Å². The molecule has 0 bridgehead atoms. The van der Waals surface area contributed by atoms with E-state index >= 15 is 0 Å². The molecule has 1 amide bonds. The molecule has 0 spiro atoms. The molecule has 9 heteroatoms. The van der Waals surface area contributed by atoms with Crippen molar-refractivity contribution in [2.24, 2.45) is 0 Å². The fraction of sp³-hybridized carbons (Fsp3) is 0.300. The number of amides is 1. The lowest BCUT2D eigenvalue weighted by molar-refractivity contribution is 0.0597. The third kappa shape index (κ3) is 3.88. The Kier molecular flexibility index (Phi) is 5.35. The number of halogens is 1. The molecule has 2 aromatic heterocycles. The van der Waals surface area contributed by atoms with E-state index in [1.54, 1.807) is 24.3 Å². The Labute approximate surface area is 171 Å². The zero-order chi connectivity index (χ0) is 20.4. The van der Waals surface area contributed by atoms with Crippen molar-refractivity contribution in [2.45, 2.75) is 32.4 Å². The van der Waals surface area contributed by atoms with Crippen molar-refractivity contribution in [1.82, 2.24) is 20.3 Å². The lowest BCUT2D eigenvalue weighted by atomic mass is 10.0. The molecule has 0 saturated heterocycles. The molecule has 0 aliphatic carbocycles. The van der Waals surface area contributed by atoms with Gasteiger partial charge in [-0.1, -0.05) is 28.9 Å². The van der Waals surface area contributed by atoms with Crippen LogP contribution < -0.4 is 5.32 Å². The van der Waals surface area contributed by atoms with Crippen LogP contribution in [0.15, 0.2) is 34.9 Å². The van der Waals surface area contributed by atoms with E-state index in [0.29, 0.717) is 22.0 Å². The molecule has 1 N–H and O–H groups in total. The fourth-order valence-electron chi connectivity index (χ4n) is 3.42. The van der Waals surface area contributed by atoms with Gasteiger partial charge in [-0.05, 0) is 31.4 Å². The van der Waals surface area contributed by atoms with Crippen molar-refractivity contribution in [3.63, 3.8) is 0 Å². The highest BCUT2D eigenvalue weighted by Gasteiger charge is 2.26. The Hall–Kier alpha value is -3.13. The summed E-state index contributed by atoms with van der Waals surface area (Å²) in [4.78, 5) is 24.8. The van der Waals surface area contributed by atoms with Crippen molar-refractivity contribution < 1.29 is 18.8 Å². The minimum Gasteiger partial charge on any atom is -0.465 e. The predicted octanol–water partition coefficient (Wildman–Crippen LogP) is 3.24. The summed E-state index contributed by atoms with van der Waals surface area (Å²) >= 11 is 5.99. The second-order valence-electron chi connectivity index (χ2n) is 6.71. The van der Waals surface area contributed by atoms with Crippen LogP contribution in [0.2, 0.25) is 5.02 Å². The van der Waals surface area contributed by atoms with E-state index in [9.17, 15) is 9.59 Å². The first-order valence-corrected chi connectivity index (χ1v) is 9.62. The molecule has 1 aliphatic heterocycles. The van der Waals surface area contributed by atoms with Gasteiger partial charge in [-0.15, -0.1) is 0 Å². The number of aryl methyl sites for hydroxylation is 1. The number of fused-ring (bicyclic) bond motifs is 1. The van der Waals surface area contributed by atoms with Crippen LogP contribution in [0, 0.1) is 0 Å². The van der Waals surface area contributed by atoms with Crippen LogP contribution in [0.25, 0.3) is 11.3 Å². The first kappa shape index (κ1) is 19.2. The zero-order valence-corrected chi connectivity index (χ0v) is 16.5. The topological polar surface area (TPSA) is 99.2 Å². The van der Waals surface area contributed by atoms with Gasteiger partial charge in [-0.25, -0.2) is 4.79 Å². The Morgan fingerprint density at radius 2 is 2.17 bits per heavy atom. The highest BCUT2D eigenvalue weighted by Crippen LogP contribution is 2.24. The molecule has 4 rings (SSSR count). The lowest BCUT2D eigenvalue weighted by Gasteiger charge is -2.13. The summed E-state index contributed by atoms with van der Waals surface area (Å²) < 4.78 is 12.0. The largest absolute Gasteiger partial charge is 0.465 e. The predicted molar refractivity (Wildman–Crippen MR) is 105 cm³/mol. The maximum Gasteiger partial charge on any atom is 0.341 e. The quantitative estimate of drug-likeness (QED) is 0.643. The zero-order valence-electron chi connectivity index (χ0n) is 15.8. The molecular formula is C20H19ClN4O4. The van der Waals surface area contributed by atoms with Gasteiger partial charge in [0, 0.05) is 23.2 Å². The van der Waals surface area contributed by atoms with Crippen molar-refractivity contribution in [3.8, 4) is 11.3 Å². The number of nitrogens with one attached hydrogen (secondary N) is 1. The third-order valence-electron chi connectivity index (χ3n) is 4.82. The number of benzene rings is 1. The van der Waals surface area contributed by atoms with Gasteiger partial charge in [-0.2, -0.15) is 5.10 Å². The maximum absolute atomic E-state index is 12.5. The van der Waals surface area contributed by atoms with Crippen LogP contribution in [-0.4, -0.2) is 33.9 Å². The fourth-order valence-corrected chi connectivity index (χ4v) is 3.61. The number of esters is 1. The summed E-state index contributed by atoms with van der Waals surface area (Å²) in [5, 5.41) is 11.6. The summed E-state index contributed by atoms with van der Waals surface area (Å²) in [5.74, 6) is -0.434. The molecule has 0 atom stereocenters. The molecule has 3 heterocycles. The number of nitrogens with zero attached hydrogens (tertiary/aromatic N) is 3. The second-order valence-corrected chi connectivity index (χ2v) is 7.15. The molecule has 150 valence electrons. The molecule has 8 nitrogen and oxygen atoms in total. The van der Waals surface area contributed by atoms with Gasteiger partial charge in [-0.3, -0.25) is 9.48 Å². The Morgan fingerprint density at radius 3 is 2.97 bits per heavy atom. The van der Waals surface area contributed by atoms with Gasteiger partial charge < -0.3 is 14.6 Å². The van der Waals surface area contributed by atoms with E-state index in [1.807, 2.05) is 10.7 Å². The Morgan fingerprint density at radius 1 is 1.31 bits per heavy atom. The SMILES string of the molecule is COC(=O)c1c(CNC(=O)c2cc(-c3cccc(Cl)c3)on2)nn2c1CCCC2. The maximum atomic E-state index is 12.5. The van der Waals surface area contributed by atoms with Gasteiger partial charge in [0.25, 0.3) is 5.91 Å². The Balaban J connectivity index is 1.51. The van der Waals surface area contributed by atoms with Crippen molar-refractivity contribution in [3.05, 3.63) is 58.0 Å². The van der Waals surface area contributed by atoms with Gasteiger partial charge in [0.1, 0.15) is 5.56 Å². The monoisotopic (exact) mass is 414 g/mol. The van der Waals surface area contributed by atoms with Crippen LogP contribution >= 0.6 is 11.6 Å². The number of hydrogen-bond acceptors (Lipinski definition) is 6. The molecule has 0 unspecified atom stereocenters. The molecule has 1 aromatic carbocycles. The van der Waals surface area contributed by atoms with Crippen LogP contribution in [0.1, 0.15) is 45.1 Å². The third-order valence-corrected chi connectivity index (χ3v) is 5.06. The number of carbonyl (C=O) groups is 2. The molecular weight excluding hydrogens is 396 g/mol. The van der Waals surface area contributed by atoms with E-state index < -0.39 is 11.9 Å². The lowest BCUT2D eigenvalue weighted by Crippen LogP contribution is -2.24. The first-order chi connectivity index (χ1) is 14.1. The number of methoxy groups -OCH3 is 1. The molecule has 3 aromatic rings. The van der Waals surface area contributed by atoms with Crippen molar-refractivity contribution in [2.75, 3.05) is 7.11 Å². The normalized spacial score (nSPS) is 13.0. The van der Waals surface area contributed by atoms with Crippen molar-refractivity contribution >= 4 is 23.5 Å². The van der Waals surface area contributed by atoms with Crippen LogP contribution in [0.3, 0.4) is 0 Å². The number of rotatable bonds is 5. The van der Waals surface area contributed by atoms with Gasteiger partial charge in [0.2, 0.25) is 0 Å². The Bertz CT molecular complexity index is 1070. The minimum absolute atomic E-state index is 0.0859.